The number of hydrogen-bond acceptors (Lipinski definition) is 3. The Balaban J connectivity index is 2.39. The Morgan fingerprint density at radius 3 is 2.31 bits per heavy atom. The van der Waals surface area contributed by atoms with Crippen LogP contribution >= 0.6 is 15.9 Å². The Labute approximate surface area is 187 Å². The first-order chi connectivity index (χ1) is 13.3. The largest absolute Gasteiger partial charge is 0.496 e. The zero-order valence-electron chi connectivity index (χ0n) is 19.6. The molecule has 164 valence electrons. The zero-order chi connectivity index (χ0) is 22.1. The van der Waals surface area contributed by atoms with Gasteiger partial charge in [-0.2, -0.15) is 0 Å². The van der Waals surface area contributed by atoms with Crippen LogP contribution in [0.25, 0.3) is 0 Å². The molecular formula is C23H38BrNO3Si. The minimum Gasteiger partial charge on any atom is -0.496 e. The standard InChI is InChI=1S/C23H38BrNO3Si/c1-22(2,3)16-13-17(24)15(12-19(16)27-7)14-25-18(10-11-20(25)26)21(23(4,5)6)28-29(8)9/h12-13,18,21,29H,10-11,14H2,1-9H3/t18-,21?/m0/s1. The van der Waals surface area contributed by atoms with Crippen molar-refractivity contribution in [3.05, 3.63) is 27.7 Å². The molecule has 6 heteroatoms. The van der Waals surface area contributed by atoms with Crippen LogP contribution in [0.4, 0.5) is 0 Å². The Hall–Kier alpha value is -0.853. The van der Waals surface area contributed by atoms with Gasteiger partial charge in [-0.1, -0.05) is 57.5 Å². The molecule has 1 fully saturated rings. The number of halogens is 1. The average molecular weight is 485 g/mol. The van der Waals surface area contributed by atoms with E-state index in [9.17, 15) is 4.79 Å². The molecule has 1 amide bonds. The lowest BCUT2D eigenvalue weighted by Gasteiger charge is -2.41. The van der Waals surface area contributed by atoms with Crippen LogP contribution in [0.15, 0.2) is 16.6 Å². The SMILES string of the molecule is COc1cc(CN2C(=O)CC[C@H]2C(O[SiH](C)C)C(C)(C)C)c(Br)cc1C(C)(C)C. The number of benzene rings is 1. The van der Waals surface area contributed by atoms with Crippen molar-refractivity contribution < 1.29 is 14.0 Å². The summed E-state index contributed by atoms with van der Waals surface area (Å²) in [4.78, 5) is 14.9. The quantitative estimate of drug-likeness (QED) is 0.489. The van der Waals surface area contributed by atoms with E-state index in [1.54, 1.807) is 7.11 Å². The molecule has 0 aliphatic carbocycles. The predicted octanol–water partition coefficient (Wildman–Crippen LogP) is 5.66. The van der Waals surface area contributed by atoms with E-state index in [2.05, 4.69) is 82.7 Å². The monoisotopic (exact) mass is 483 g/mol. The number of amides is 1. The van der Waals surface area contributed by atoms with Crippen LogP contribution in [0.1, 0.15) is 65.5 Å². The second kappa shape index (κ2) is 9.11. The third-order valence-electron chi connectivity index (χ3n) is 5.51. The van der Waals surface area contributed by atoms with Crippen LogP contribution in [0.2, 0.25) is 13.1 Å². The maximum absolute atomic E-state index is 12.8. The van der Waals surface area contributed by atoms with Gasteiger partial charge in [-0.25, -0.2) is 0 Å². The Morgan fingerprint density at radius 1 is 1.21 bits per heavy atom. The molecule has 0 aromatic heterocycles. The lowest BCUT2D eigenvalue weighted by Crippen LogP contribution is -2.49. The highest BCUT2D eigenvalue weighted by Crippen LogP contribution is 2.39. The Bertz CT molecular complexity index is 737. The second-order valence-electron chi connectivity index (χ2n) is 10.5. The molecule has 1 aromatic rings. The summed E-state index contributed by atoms with van der Waals surface area (Å²) in [7, 11) is 0.478. The summed E-state index contributed by atoms with van der Waals surface area (Å²) in [5, 5.41) is 0. The third-order valence-corrected chi connectivity index (χ3v) is 7.09. The molecule has 2 atom stereocenters. The third kappa shape index (κ3) is 5.86. The molecule has 0 saturated carbocycles. The first-order valence-corrected chi connectivity index (χ1v) is 14.1. The lowest BCUT2D eigenvalue weighted by molar-refractivity contribution is -0.131. The summed E-state index contributed by atoms with van der Waals surface area (Å²) in [5.41, 5.74) is 2.19. The zero-order valence-corrected chi connectivity index (χ0v) is 22.3. The summed E-state index contributed by atoms with van der Waals surface area (Å²) < 4.78 is 13.2. The van der Waals surface area contributed by atoms with Crippen molar-refractivity contribution in [2.24, 2.45) is 5.41 Å². The summed E-state index contributed by atoms with van der Waals surface area (Å²) in [5.74, 6) is 1.08. The number of ether oxygens (including phenoxy) is 1. The molecule has 1 aromatic carbocycles. The molecular weight excluding hydrogens is 446 g/mol. The minimum absolute atomic E-state index is 0.0180. The van der Waals surface area contributed by atoms with Gasteiger partial charge in [0.25, 0.3) is 0 Å². The van der Waals surface area contributed by atoms with E-state index >= 15 is 0 Å². The van der Waals surface area contributed by atoms with Crippen LogP contribution in [-0.2, 0) is 21.2 Å². The van der Waals surface area contributed by atoms with Crippen LogP contribution in [0, 0.1) is 5.41 Å². The maximum atomic E-state index is 12.8. The molecule has 29 heavy (non-hydrogen) atoms. The van der Waals surface area contributed by atoms with Gasteiger partial charge < -0.3 is 14.1 Å². The molecule has 1 aliphatic heterocycles. The average Bonchev–Trinajstić information content (AvgIpc) is 2.92. The summed E-state index contributed by atoms with van der Waals surface area (Å²) in [6, 6.07) is 4.33. The van der Waals surface area contributed by atoms with Crippen molar-refractivity contribution in [1.29, 1.82) is 0 Å². The molecule has 0 N–H and O–H groups in total. The second-order valence-corrected chi connectivity index (χ2v) is 13.7. The van der Waals surface area contributed by atoms with Crippen molar-refractivity contribution in [3.8, 4) is 5.75 Å². The van der Waals surface area contributed by atoms with E-state index in [-0.39, 0.29) is 28.9 Å². The van der Waals surface area contributed by atoms with Gasteiger partial charge in [0, 0.05) is 23.0 Å². The first kappa shape index (κ1) is 24.4. The highest BCUT2D eigenvalue weighted by molar-refractivity contribution is 9.10. The van der Waals surface area contributed by atoms with Gasteiger partial charge in [0.2, 0.25) is 5.91 Å². The number of carbonyl (C=O) groups excluding carboxylic acids is 1. The van der Waals surface area contributed by atoms with Gasteiger partial charge in [-0.05, 0) is 48.0 Å². The van der Waals surface area contributed by atoms with Crippen LogP contribution in [0.3, 0.4) is 0 Å². The van der Waals surface area contributed by atoms with Gasteiger partial charge >= 0.3 is 0 Å². The van der Waals surface area contributed by atoms with Gasteiger partial charge in [0.05, 0.1) is 19.3 Å². The molecule has 1 aliphatic rings. The van der Waals surface area contributed by atoms with Crippen LogP contribution in [-0.4, -0.2) is 39.1 Å². The normalized spacial score (nSPS) is 19.2. The van der Waals surface area contributed by atoms with E-state index in [1.165, 1.54) is 0 Å². The topological polar surface area (TPSA) is 38.8 Å². The van der Waals surface area contributed by atoms with Crippen molar-refractivity contribution in [2.75, 3.05) is 7.11 Å². The van der Waals surface area contributed by atoms with Gasteiger partial charge in [-0.15, -0.1) is 0 Å². The first-order valence-electron chi connectivity index (χ1n) is 10.6. The molecule has 0 bridgehead atoms. The number of rotatable bonds is 6. The number of likely N-dealkylation sites (tertiary alicyclic amines) is 1. The van der Waals surface area contributed by atoms with Crippen molar-refractivity contribution in [3.63, 3.8) is 0 Å². The molecule has 1 heterocycles. The van der Waals surface area contributed by atoms with E-state index in [0.29, 0.717) is 13.0 Å². The maximum Gasteiger partial charge on any atom is 0.223 e. The fourth-order valence-electron chi connectivity index (χ4n) is 4.10. The number of hydrogen-bond donors (Lipinski definition) is 0. The van der Waals surface area contributed by atoms with Crippen LogP contribution < -0.4 is 4.74 Å². The molecule has 1 saturated heterocycles. The predicted molar refractivity (Wildman–Crippen MR) is 126 cm³/mol. The molecule has 1 unspecified atom stereocenters. The molecule has 4 nitrogen and oxygen atoms in total. The van der Waals surface area contributed by atoms with Crippen molar-refractivity contribution in [2.45, 2.75) is 91.6 Å². The van der Waals surface area contributed by atoms with Gasteiger partial charge in [0.15, 0.2) is 9.04 Å². The smallest absolute Gasteiger partial charge is 0.223 e. The van der Waals surface area contributed by atoms with Gasteiger partial charge in [0.1, 0.15) is 5.75 Å². The van der Waals surface area contributed by atoms with E-state index in [1.807, 2.05) is 4.90 Å². The number of methoxy groups -OCH3 is 1. The highest BCUT2D eigenvalue weighted by Gasteiger charge is 2.42. The van der Waals surface area contributed by atoms with Gasteiger partial charge in [-0.3, -0.25) is 4.79 Å². The Kier molecular flexibility index (Phi) is 7.67. The summed E-state index contributed by atoms with van der Waals surface area (Å²) in [6.07, 6.45) is 1.50. The summed E-state index contributed by atoms with van der Waals surface area (Å²) in [6.45, 7) is 18.2. The fraction of sp³-hybridized carbons (Fsp3) is 0.696. The molecule has 0 radical (unpaired) electrons. The molecule has 0 spiro atoms. The van der Waals surface area contributed by atoms with E-state index < -0.39 is 9.04 Å². The van der Waals surface area contributed by atoms with E-state index in [4.69, 9.17) is 9.16 Å². The highest BCUT2D eigenvalue weighted by atomic mass is 79.9. The number of carbonyl (C=O) groups is 1. The van der Waals surface area contributed by atoms with Crippen molar-refractivity contribution in [1.82, 2.24) is 4.90 Å². The Morgan fingerprint density at radius 2 is 1.83 bits per heavy atom. The van der Waals surface area contributed by atoms with Crippen LogP contribution in [0.5, 0.6) is 5.75 Å². The lowest BCUT2D eigenvalue weighted by atomic mass is 9.83. The van der Waals surface area contributed by atoms with Crippen molar-refractivity contribution >= 4 is 30.9 Å². The minimum atomic E-state index is -1.23. The van der Waals surface area contributed by atoms with E-state index in [0.717, 1.165) is 27.8 Å². The fourth-order valence-corrected chi connectivity index (χ4v) is 5.74. The number of nitrogens with zero attached hydrogens (tertiary/aromatic N) is 1. The summed E-state index contributed by atoms with van der Waals surface area (Å²) >= 11 is 3.75. The molecule has 2 rings (SSSR count).